The van der Waals surface area contributed by atoms with Crippen LogP contribution in [0.3, 0.4) is 0 Å². The molecule has 0 aromatic heterocycles. The molecule has 1 fully saturated rings. The molecule has 1 aliphatic rings. The quantitative estimate of drug-likeness (QED) is 0.241. The third kappa shape index (κ3) is 5.54. The summed E-state index contributed by atoms with van der Waals surface area (Å²) in [7, 11) is 0. The van der Waals surface area contributed by atoms with Crippen molar-refractivity contribution in [3.05, 3.63) is 35.9 Å². The van der Waals surface area contributed by atoms with Crippen molar-refractivity contribution < 1.29 is 39.9 Å². The molecular weight excluding hydrogens is 396 g/mol. The van der Waals surface area contributed by atoms with Gasteiger partial charge in [-0.15, -0.1) is 0 Å². The average Bonchev–Trinajstić information content (AvgIpc) is 2.72. The molecule has 6 atom stereocenters. The lowest BCUT2D eigenvalue weighted by atomic mass is 9.92. The molecule has 1 aromatic rings. The predicted octanol–water partition coefficient (Wildman–Crippen LogP) is -1.79. The first-order chi connectivity index (χ1) is 14.1. The maximum atomic E-state index is 12.9. The largest absolute Gasteiger partial charge is 0.480 e. The normalized spacial score (nSPS) is 28.7. The predicted molar refractivity (Wildman–Crippen MR) is 105 cm³/mol. The Morgan fingerprint density at radius 3 is 2.37 bits per heavy atom. The van der Waals surface area contributed by atoms with Crippen LogP contribution in [0, 0.1) is 5.92 Å². The smallest absolute Gasteiger partial charge is 0.326 e. The van der Waals surface area contributed by atoms with E-state index in [-0.39, 0.29) is 18.9 Å². The number of hydrogen-bond donors (Lipinski definition) is 7. The van der Waals surface area contributed by atoms with Gasteiger partial charge in [-0.25, -0.2) is 4.79 Å². The zero-order valence-corrected chi connectivity index (χ0v) is 16.9. The zero-order chi connectivity index (χ0) is 22.5. The van der Waals surface area contributed by atoms with Crippen LogP contribution in [0.1, 0.15) is 19.4 Å². The molecule has 0 saturated carbocycles. The van der Waals surface area contributed by atoms with Crippen molar-refractivity contribution in [3.63, 3.8) is 0 Å². The number of carboxylic acid groups (broad SMARTS) is 1. The van der Waals surface area contributed by atoms with Gasteiger partial charge in [0.25, 0.3) is 0 Å². The summed E-state index contributed by atoms with van der Waals surface area (Å²) in [5.41, 5.74) is -1.17. The fourth-order valence-corrected chi connectivity index (χ4v) is 3.33. The molecule has 0 bridgehead atoms. The van der Waals surface area contributed by atoms with Gasteiger partial charge in [0.2, 0.25) is 5.91 Å². The van der Waals surface area contributed by atoms with E-state index in [0.29, 0.717) is 0 Å². The highest BCUT2D eigenvalue weighted by molar-refractivity contribution is 5.87. The van der Waals surface area contributed by atoms with Crippen molar-refractivity contribution >= 4 is 11.9 Å². The molecule has 2 rings (SSSR count). The minimum atomic E-state index is -1.90. The lowest BCUT2D eigenvalue weighted by Crippen LogP contribution is -2.72. The monoisotopic (exact) mass is 426 g/mol. The Morgan fingerprint density at radius 2 is 1.83 bits per heavy atom. The van der Waals surface area contributed by atoms with Gasteiger partial charge < -0.3 is 35.6 Å². The Kier molecular flexibility index (Phi) is 8.30. The highest BCUT2D eigenvalue weighted by Gasteiger charge is 2.51. The number of carbonyl (C=O) groups is 2. The molecular formula is C20H30N2O8. The highest BCUT2D eigenvalue weighted by Crippen LogP contribution is 2.25. The zero-order valence-electron chi connectivity index (χ0n) is 16.9. The highest BCUT2D eigenvalue weighted by atomic mass is 16.6. The third-order valence-corrected chi connectivity index (χ3v) is 5.19. The average molecular weight is 426 g/mol. The van der Waals surface area contributed by atoms with Crippen molar-refractivity contribution in [2.75, 3.05) is 13.2 Å². The van der Waals surface area contributed by atoms with Crippen LogP contribution < -0.4 is 10.6 Å². The molecule has 30 heavy (non-hydrogen) atoms. The molecule has 168 valence electrons. The van der Waals surface area contributed by atoms with Crippen molar-refractivity contribution in [3.8, 4) is 0 Å². The van der Waals surface area contributed by atoms with E-state index in [1.165, 1.54) is 0 Å². The van der Waals surface area contributed by atoms with Crippen LogP contribution in [0.5, 0.6) is 0 Å². The van der Waals surface area contributed by atoms with Crippen molar-refractivity contribution in [2.45, 2.75) is 56.4 Å². The number of carbonyl (C=O) groups excluding carboxylic acids is 1. The summed E-state index contributed by atoms with van der Waals surface area (Å²) in [5, 5.41) is 54.6. The minimum Gasteiger partial charge on any atom is -0.480 e. The molecule has 2 unspecified atom stereocenters. The molecule has 0 radical (unpaired) electrons. The third-order valence-electron chi connectivity index (χ3n) is 5.19. The summed E-state index contributed by atoms with van der Waals surface area (Å²) in [6.45, 7) is 2.22. The van der Waals surface area contributed by atoms with Crippen LogP contribution in [-0.4, -0.2) is 86.7 Å². The van der Waals surface area contributed by atoms with Crippen molar-refractivity contribution in [1.29, 1.82) is 0 Å². The van der Waals surface area contributed by atoms with Gasteiger partial charge in [0, 0.05) is 6.42 Å². The van der Waals surface area contributed by atoms with E-state index in [4.69, 9.17) is 4.74 Å². The van der Waals surface area contributed by atoms with Gasteiger partial charge >= 0.3 is 5.97 Å². The van der Waals surface area contributed by atoms with E-state index in [9.17, 15) is 35.1 Å². The molecule has 1 heterocycles. The van der Waals surface area contributed by atoms with Crippen LogP contribution in [0.4, 0.5) is 0 Å². The van der Waals surface area contributed by atoms with Gasteiger partial charge in [-0.2, -0.15) is 0 Å². The second-order valence-electron chi connectivity index (χ2n) is 7.82. The summed E-state index contributed by atoms with van der Waals surface area (Å²) in [6.07, 6.45) is -4.60. The summed E-state index contributed by atoms with van der Waals surface area (Å²) >= 11 is 0. The Balaban J connectivity index is 2.17. The molecule has 10 nitrogen and oxygen atoms in total. The Bertz CT molecular complexity index is 716. The van der Waals surface area contributed by atoms with E-state index >= 15 is 0 Å². The van der Waals surface area contributed by atoms with Crippen LogP contribution in [0.25, 0.3) is 0 Å². The van der Waals surface area contributed by atoms with E-state index < -0.39 is 54.6 Å². The Labute approximate surface area is 174 Å². The molecule has 10 heteroatoms. The van der Waals surface area contributed by atoms with Crippen LogP contribution in [0.2, 0.25) is 0 Å². The maximum Gasteiger partial charge on any atom is 0.326 e. The van der Waals surface area contributed by atoms with Gasteiger partial charge in [-0.05, 0) is 11.5 Å². The van der Waals surface area contributed by atoms with Gasteiger partial charge in [0.1, 0.15) is 24.4 Å². The Hall–Kier alpha value is -2.08. The van der Waals surface area contributed by atoms with Gasteiger partial charge in [0.05, 0.1) is 19.3 Å². The summed E-state index contributed by atoms with van der Waals surface area (Å²) in [4.78, 5) is 24.6. The van der Waals surface area contributed by atoms with Gasteiger partial charge in [-0.3, -0.25) is 10.1 Å². The van der Waals surface area contributed by atoms with Crippen LogP contribution in [-0.2, 0) is 20.7 Å². The Morgan fingerprint density at radius 1 is 1.20 bits per heavy atom. The molecule has 1 aromatic carbocycles. The number of nitrogens with one attached hydrogen (secondary N) is 2. The molecule has 7 N–H and O–H groups in total. The molecule has 1 saturated heterocycles. The van der Waals surface area contributed by atoms with E-state index in [1.54, 1.807) is 44.2 Å². The number of aliphatic hydroxyl groups is 4. The summed E-state index contributed by atoms with van der Waals surface area (Å²) in [6, 6.07) is 6.57. The number of benzene rings is 1. The summed E-state index contributed by atoms with van der Waals surface area (Å²) in [5.74, 6) is -2.27. The first-order valence-electron chi connectivity index (χ1n) is 9.75. The number of ether oxygens (including phenoxy) is 1. The summed E-state index contributed by atoms with van der Waals surface area (Å²) < 4.78 is 5.37. The number of aliphatic carboxylic acids is 1. The lowest BCUT2D eigenvalue weighted by molar-refractivity contribution is -0.261. The number of aliphatic hydroxyl groups excluding tert-OH is 4. The van der Waals surface area contributed by atoms with Gasteiger partial charge in [0.15, 0.2) is 5.72 Å². The van der Waals surface area contributed by atoms with Crippen LogP contribution >= 0.6 is 0 Å². The second-order valence-corrected chi connectivity index (χ2v) is 7.82. The minimum absolute atomic E-state index is 0.0713. The second kappa shape index (κ2) is 10.3. The fourth-order valence-electron chi connectivity index (χ4n) is 3.33. The standard InChI is InChI=1S/C20H30N2O8/c1-11(2)15(22-20(10-23)17(26)16(25)14(24)9-30-20)18(27)21-13(19(28)29)8-12-6-4-3-5-7-12/h3-7,11,13-17,22-26H,8-10H2,1-2H3,(H,21,27)(H,28,29)/t13?,14-,15?,16-,17+,20-/m1/s1. The molecule has 1 aliphatic heterocycles. The van der Waals surface area contributed by atoms with Crippen molar-refractivity contribution in [2.24, 2.45) is 5.92 Å². The number of carboxylic acids is 1. The number of hydrogen-bond acceptors (Lipinski definition) is 8. The molecule has 0 aliphatic carbocycles. The van der Waals surface area contributed by atoms with Gasteiger partial charge in [-0.1, -0.05) is 44.2 Å². The SMILES string of the molecule is CC(C)C(N[C@]1(CO)OC[C@@H](O)[C@@H](O)[C@@H]1O)C(=O)NC(Cc1ccccc1)C(=O)O. The topological polar surface area (TPSA) is 169 Å². The van der Waals surface area contributed by atoms with E-state index in [2.05, 4.69) is 10.6 Å². The van der Waals surface area contributed by atoms with Crippen molar-refractivity contribution in [1.82, 2.24) is 10.6 Å². The number of amides is 1. The maximum absolute atomic E-state index is 12.9. The van der Waals surface area contributed by atoms with E-state index in [0.717, 1.165) is 5.56 Å². The van der Waals surface area contributed by atoms with E-state index in [1.807, 2.05) is 0 Å². The first-order valence-corrected chi connectivity index (χ1v) is 9.75. The molecule has 1 amide bonds. The first kappa shape index (κ1) is 24.2. The van der Waals surface area contributed by atoms with Crippen LogP contribution in [0.15, 0.2) is 30.3 Å². The lowest BCUT2D eigenvalue weighted by Gasteiger charge is -2.46. The fraction of sp³-hybridized carbons (Fsp3) is 0.600. The number of rotatable bonds is 9. The molecule has 0 spiro atoms.